The third-order valence-electron chi connectivity index (χ3n) is 3.31. The van der Waals surface area contributed by atoms with E-state index in [2.05, 4.69) is 15.2 Å². The summed E-state index contributed by atoms with van der Waals surface area (Å²) in [7, 11) is 0. The Morgan fingerprint density at radius 1 is 1.37 bits per heavy atom. The Bertz CT molecular complexity index is 444. The van der Waals surface area contributed by atoms with Crippen LogP contribution in [0.25, 0.3) is 0 Å². The highest BCUT2D eigenvalue weighted by molar-refractivity contribution is 5.86. The van der Waals surface area contributed by atoms with Crippen LogP contribution in [0.3, 0.4) is 0 Å². The predicted octanol–water partition coefficient (Wildman–Crippen LogP) is 1.26. The number of anilines is 2. The number of aromatic nitrogens is 1. The summed E-state index contributed by atoms with van der Waals surface area (Å²) in [6.45, 7) is 3.93. The molecule has 0 aromatic carbocycles. The lowest BCUT2D eigenvalue weighted by Gasteiger charge is -2.26. The van der Waals surface area contributed by atoms with Crippen molar-refractivity contribution in [2.75, 3.05) is 37.2 Å². The molecule has 0 atom stereocenters. The molecule has 2 rings (SSSR count). The summed E-state index contributed by atoms with van der Waals surface area (Å²) in [5.41, 5.74) is 6.26. The van der Waals surface area contributed by atoms with Crippen molar-refractivity contribution < 1.29 is 9.90 Å². The van der Waals surface area contributed by atoms with Gasteiger partial charge in [-0.05, 0) is 38.1 Å². The van der Waals surface area contributed by atoms with E-state index in [0.717, 1.165) is 26.2 Å². The number of aromatic carboxylic acids is 1. The van der Waals surface area contributed by atoms with E-state index in [1.165, 1.54) is 25.3 Å². The van der Waals surface area contributed by atoms with Crippen molar-refractivity contribution in [2.45, 2.75) is 19.3 Å². The second kappa shape index (κ2) is 6.38. The summed E-state index contributed by atoms with van der Waals surface area (Å²) >= 11 is 0. The molecule has 6 nitrogen and oxygen atoms in total. The molecule has 0 unspecified atom stereocenters. The molecular weight excluding hydrogens is 244 g/mol. The number of nitrogens with one attached hydrogen (secondary N) is 1. The van der Waals surface area contributed by atoms with E-state index >= 15 is 0 Å². The molecule has 2 heterocycles. The van der Waals surface area contributed by atoms with Gasteiger partial charge in [-0.3, -0.25) is 0 Å². The first kappa shape index (κ1) is 13.6. The molecular formula is C13H20N4O2. The van der Waals surface area contributed by atoms with Crippen LogP contribution in [-0.2, 0) is 0 Å². The summed E-state index contributed by atoms with van der Waals surface area (Å²) in [4.78, 5) is 17.2. The smallest absolute Gasteiger partial charge is 0.354 e. The van der Waals surface area contributed by atoms with Gasteiger partial charge in [-0.25, -0.2) is 9.78 Å². The topological polar surface area (TPSA) is 91.5 Å². The van der Waals surface area contributed by atoms with Crippen LogP contribution < -0.4 is 11.1 Å². The number of likely N-dealkylation sites (tertiary alicyclic amines) is 1. The Morgan fingerprint density at radius 3 is 2.79 bits per heavy atom. The molecule has 1 fully saturated rings. The Morgan fingerprint density at radius 2 is 2.11 bits per heavy atom. The molecule has 1 aromatic heterocycles. The monoisotopic (exact) mass is 264 g/mol. The number of rotatable bonds is 5. The molecule has 19 heavy (non-hydrogen) atoms. The lowest BCUT2D eigenvalue weighted by molar-refractivity contribution is 0.0690. The molecule has 1 saturated heterocycles. The zero-order chi connectivity index (χ0) is 13.7. The van der Waals surface area contributed by atoms with E-state index in [1.54, 1.807) is 6.07 Å². The first-order valence-corrected chi connectivity index (χ1v) is 6.63. The van der Waals surface area contributed by atoms with Crippen LogP contribution in [0.15, 0.2) is 12.1 Å². The first-order chi connectivity index (χ1) is 9.16. The predicted molar refractivity (Wildman–Crippen MR) is 74.4 cm³/mol. The van der Waals surface area contributed by atoms with Crippen molar-refractivity contribution in [3.8, 4) is 0 Å². The summed E-state index contributed by atoms with van der Waals surface area (Å²) in [5.74, 6) is -0.587. The summed E-state index contributed by atoms with van der Waals surface area (Å²) in [5, 5.41) is 12.0. The number of hydrogen-bond acceptors (Lipinski definition) is 5. The molecule has 4 N–H and O–H groups in total. The molecule has 0 bridgehead atoms. The molecule has 0 spiro atoms. The van der Waals surface area contributed by atoms with Crippen LogP contribution in [0, 0.1) is 0 Å². The molecule has 0 saturated carbocycles. The van der Waals surface area contributed by atoms with Crippen molar-refractivity contribution >= 4 is 17.5 Å². The van der Waals surface area contributed by atoms with Gasteiger partial charge in [-0.1, -0.05) is 6.42 Å². The van der Waals surface area contributed by atoms with Gasteiger partial charge in [0, 0.05) is 13.1 Å². The van der Waals surface area contributed by atoms with E-state index < -0.39 is 5.97 Å². The molecule has 0 aliphatic carbocycles. The number of nitrogen functional groups attached to an aromatic ring is 1. The van der Waals surface area contributed by atoms with Gasteiger partial charge in [0.05, 0.1) is 5.69 Å². The minimum absolute atomic E-state index is 0.00896. The van der Waals surface area contributed by atoms with Crippen molar-refractivity contribution in [3.05, 3.63) is 17.8 Å². The van der Waals surface area contributed by atoms with Crippen LogP contribution in [-0.4, -0.2) is 47.1 Å². The van der Waals surface area contributed by atoms with E-state index in [1.807, 2.05) is 0 Å². The number of nitrogens with zero attached hydrogens (tertiary/aromatic N) is 2. The summed E-state index contributed by atoms with van der Waals surface area (Å²) < 4.78 is 0. The highest BCUT2D eigenvalue weighted by atomic mass is 16.4. The highest BCUT2D eigenvalue weighted by Gasteiger charge is 2.11. The van der Waals surface area contributed by atoms with Gasteiger partial charge in [0.1, 0.15) is 5.82 Å². The Kier molecular flexibility index (Phi) is 4.57. The van der Waals surface area contributed by atoms with Crippen molar-refractivity contribution in [3.63, 3.8) is 0 Å². The van der Waals surface area contributed by atoms with Gasteiger partial charge in [-0.2, -0.15) is 0 Å². The zero-order valence-electron chi connectivity index (χ0n) is 10.9. The number of piperidine rings is 1. The second-order valence-electron chi connectivity index (χ2n) is 4.77. The number of pyridine rings is 1. The number of nitrogens with two attached hydrogens (primary N) is 1. The maximum absolute atomic E-state index is 10.8. The van der Waals surface area contributed by atoms with Crippen molar-refractivity contribution in [1.29, 1.82) is 0 Å². The van der Waals surface area contributed by atoms with Crippen molar-refractivity contribution in [1.82, 2.24) is 9.88 Å². The van der Waals surface area contributed by atoms with Crippen LogP contribution in [0.5, 0.6) is 0 Å². The minimum atomic E-state index is -1.04. The van der Waals surface area contributed by atoms with Gasteiger partial charge in [0.15, 0.2) is 5.69 Å². The maximum atomic E-state index is 10.8. The van der Waals surface area contributed by atoms with E-state index in [9.17, 15) is 4.79 Å². The van der Waals surface area contributed by atoms with Crippen LogP contribution in [0.2, 0.25) is 0 Å². The lowest BCUT2D eigenvalue weighted by atomic mass is 10.1. The van der Waals surface area contributed by atoms with Crippen LogP contribution in [0.1, 0.15) is 29.8 Å². The first-order valence-electron chi connectivity index (χ1n) is 6.63. The fourth-order valence-corrected chi connectivity index (χ4v) is 2.25. The van der Waals surface area contributed by atoms with Gasteiger partial charge in [-0.15, -0.1) is 0 Å². The normalized spacial score (nSPS) is 16.2. The summed E-state index contributed by atoms with van der Waals surface area (Å²) in [6.07, 6.45) is 3.84. The van der Waals surface area contributed by atoms with Crippen molar-refractivity contribution in [2.24, 2.45) is 0 Å². The second-order valence-corrected chi connectivity index (χ2v) is 4.77. The number of carboxylic acid groups (broad SMARTS) is 1. The van der Waals surface area contributed by atoms with Gasteiger partial charge >= 0.3 is 5.97 Å². The third-order valence-corrected chi connectivity index (χ3v) is 3.31. The minimum Gasteiger partial charge on any atom is -0.477 e. The Labute approximate surface area is 112 Å². The fourth-order valence-electron chi connectivity index (χ4n) is 2.25. The molecule has 0 amide bonds. The van der Waals surface area contributed by atoms with Gasteiger partial charge in [0.25, 0.3) is 0 Å². The SMILES string of the molecule is Nc1ccc(C(=O)O)nc1NCCN1CCCCC1. The fraction of sp³-hybridized carbons (Fsp3) is 0.538. The molecule has 0 radical (unpaired) electrons. The average Bonchev–Trinajstić information content (AvgIpc) is 2.42. The standard InChI is InChI=1S/C13H20N4O2/c14-10-4-5-11(13(18)19)16-12(10)15-6-9-17-7-2-1-3-8-17/h4-5H,1-3,6-9,14H2,(H,15,16)(H,18,19). The van der Waals surface area contributed by atoms with E-state index in [-0.39, 0.29) is 5.69 Å². The highest BCUT2D eigenvalue weighted by Crippen LogP contribution is 2.15. The average molecular weight is 264 g/mol. The van der Waals surface area contributed by atoms with Gasteiger partial charge in [0.2, 0.25) is 0 Å². The number of carbonyl (C=O) groups is 1. The molecule has 104 valence electrons. The maximum Gasteiger partial charge on any atom is 0.354 e. The lowest BCUT2D eigenvalue weighted by Crippen LogP contribution is -2.33. The van der Waals surface area contributed by atoms with Crippen LogP contribution in [0.4, 0.5) is 11.5 Å². The quantitative estimate of drug-likeness (QED) is 0.741. The van der Waals surface area contributed by atoms with E-state index in [4.69, 9.17) is 10.8 Å². The largest absolute Gasteiger partial charge is 0.477 e. The molecule has 1 aliphatic heterocycles. The number of carboxylic acids is 1. The molecule has 6 heteroatoms. The summed E-state index contributed by atoms with van der Waals surface area (Å²) in [6, 6.07) is 2.98. The van der Waals surface area contributed by atoms with Gasteiger partial charge < -0.3 is 21.1 Å². The van der Waals surface area contributed by atoms with E-state index in [0.29, 0.717) is 11.5 Å². The number of hydrogen-bond donors (Lipinski definition) is 3. The third kappa shape index (κ3) is 3.82. The molecule has 1 aromatic rings. The van der Waals surface area contributed by atoms with Crippen LogP contribution >= 0.6 is 0 Å². The molecule has 1 aliphatic rings. The Balaban J connectivity index is 1.87. The zero-order valence-corrected chi connectivity index (χ0v) is 10.9. The Hall–Kier alpha value is -1.82.